The van der Waals surface area contributed by atoms with E-state index in [2.05, 4.69) is 10.1 Å². The molecule has 4 nitrogen and oxygen atoms in total. The molecule has 1 atom stereocenters. The molecule has 0 aromatic carbocycles. The van der Waals surface area contributed by atoms with E-state index in [1.54, 1.807) is 6.92 Å². The molecule has 0 amide bonds. The van der Waals surface area contributed by atoms with Crippen LogP contribution >= 0.6 is 0 Å². The number of hydrogen-bond donors (Lipinski definition) is 1. The fourth-order valence-electron chi connectivity index (χ4n) is 1.97. The molecule has 18 heavy (non-hydrogen) atoms. The minimum Gasteiger partial charge on any atom is -0.468 e. The summed E-state index contributed by atoms with van der Waals surface area (Å²) < 4.78 is 41.4. The number of esters is 1. The topological polar surface area (TPSA) is 41.6 Å². The minimum absolute atomic E-state index is 0.0459. The van der Waals surface area contributed by atoms with Crippen molar-refractivity contribution in [3.8, 4) is 0 Å². The molecule has 0 aromatic rings. The number of likely N-dealkylation sites (N-methyl/N-ethyl adjacent to an activating group) is 1. The molecule has 1 unspecified atom stereocenters. The Kier molecular flexibility index (Phi) is 4.61. The summed E-state index contributed by atoms with van der Waals surface area (Å²) >= 11 is 0. The zero-order valence-corrected chi connectivity index (χ0v) is 10.8. The first-order valence-electron chi connectivity index (χ1n) is 5.78. The predicted octanol–water partition coefficient (Wildman–Crippen LogP) is 1.16. The highest BCUT2D eigenvalue weighted by Gasteiger charge is 2.41. The standard InChI is InChI=1S/C11H19F3N2O2/c1-10(9(17)18-3,15-8-4-5-8)6-16(2)7-11(12,13)14/h8,15H,4-7H2,1-3H3. The first-order valence-corrected chi connectivity index (χ1v) is 5.78. The van der Waals surface area contributed by atoms with E-state index in [1.807, 2.05) is 0 Å². The fourth-order valence-corrected chi connectivity index (χ4v) is 1.97. The van der Waals surface area contributed by atoms with Crippen LogP contribution in [0.5, 0.6) is 0 Å². The van der Waals surface area contributed by atoms with Crippen molar-refractivity contribution >= 4 is 5.97 Å². The van der Waals surface area contributed by atoms with Gasteiger partial charge in [-0.1, -0.05) is 0 Å². The molecule has 1 N–H and O–H groups in total. The summed E-state index contributed by atoms with van der Waals surface area (Å²) in [6, 6.07) is 0.202. The van der Waals surface area contributed by atoms with Crippen molar-refractivity contribution < 1.29 is 22.7 Å². The quantitative estimate of drug-likeness (QED) is 0.734. The lowest BCUT2D eigenvalue weighted by molar-refractivity contribution is -0.156. The summed E-state index contributed by atoms with van der Waals surface area (Å²) in [5, 5.41) is 3.05. The van der Waals surface area contributed by atoms with Crippen molar-refractivity contribution in [3.05, 3.63) is 0 Å². The summed E-state index contributed by atoms with van der Waals surface area (Å²) in [6.07, 6.45) is -2.39. The molecule has 0 aromatic heterocycles. The van der Waals surface area contributed by atoms with Crippen LogP contribution in [0.3, 0.4) is 0 Å². The van der Waals surface area contributed by atoms with Crippen molar-refractivity contribution in [3.63, 3.8) is 0 Å². The van der Waals surface area contributed by atoms with E-state index in [9.17, 15) is 18.0 Å². The van der Waals surface area contributed by atoms with Gasteiger partial charge in [0, 0.05) is 12.6 Å². The highest BCUT2D eigenvalue weighted by Crippen LogP contribution is 2.24. The smallest absolute Gasteiger partial charge is 0.401 e. The predicted molar refractivity (Wildman–Crippen MR) is 60.1 cm³/mol. The van der Waals surface area contributed by atoms with Gasteiger partial charge in [0.05, 0.1) is 13.7 Å². The van der Waals surface area contributed by atoms with E-state index in [4.69, 9.17) is 0 Å². The average Bonchev–Trinajstić information content (AvgIpc) is 2.96. The number of carbonyl (C=O) groups excluding carboxylic acids is 1. The van der Waals surface area contributed by atoms with Crippen molar-refractivity contribution in [2.24, 2.45) is 0 Å². The van der Waals surface area contributed by atoms with Crippen LogP contribution in [0.4, 0.5) is 13.2 Å². The van der Waals surface area contributed by atoms with E-state index in [0.29, 0.717) is 0 Å². The first kappa shape index (κ1) is 15.2. The number of rotatable bonds is 6. The molecule has 1 rings (SSSR count). The highest BCUT2D eigenvalue weighted by molar-refractivity contribution is 5.80. The van der Waals surface area contributed by atoms with Gasteiger partial charge < -0.3 is 4.74 Å². The third-order valence-corrected chi connectivity index (χ3v) is 2.77. The van der Waals surface area contributed by atoms with Crippen molar-refractivity contribution in [1.82, 2.24) is 10.2 Å². The number of carbonyl (C=O) groups is 1. The number of halogens is 3. The maximum Gasteiger partial charge on any atom is 0.401 e. The largest absolute Gasteiger partial charge is 0.468 e. The number of hydrogen-bond acceptors (Lipinski definition) is 4. The SMILES string of the molecule is COC(=O)C(C)(CN(C)CC(F)(F)F)NC1CC1. The Morgan fingerprint density at radius 3 is 2.33 bits per heavy atom. The highest BCUT2D eigenvalue weighted by atomic mass is 19.4. The molecular formula is C11H19F3N2O2. The molecule has 0 saturated heterocycles. The Balaban J connectivity index is 2.62. The number of ether oxygens (including phenoxy) is 1. The Hall–Kier alpha value is -0.820. The lowest BCUT2D eigenvalue weighted by Gasteiger charge is -2.32. The third kappa shape index (κ3) is 4.81. The van der Waals surface area contributed by atoms with Gasteiger partial charge in [-0.3, -0.25) is 15.0 Å². The first-order chi connectivity index (χ1) is 8.16. The Labute approximate surface area is 104 Å². The van der Waals surface area contributed by atoms with Crippen molar-refractivity contribution in [2.45, 2.75) is 37.5 Å². The maximum absolute atomic E-state index is 12.3. The molecule has 0 spiro atoms. The Morgan fingerprint density at radius 2 is 1.94 bits per heavy atom. The van der Waals surface area contributed by atoms with E-state index in [0.717, 1.165) is 17.7 Å². The van der Waals surface area contributed by atoms with Gasteiger partial charge >= 0.3 is 12.1 Å². The molecule has 1 aliphatic carbocycles. The second-order valence-corrected chi connectivity index (χ2v) is 5.03. The van der Waals surface area contributed by atoms with E-state index < -0.39 is 24.2 Å². The summed E-state index contributed by atoms with van der Waals surface area (Å²) in [5.74, 6) is -0.538. The van der Waals surface area contributed by atoms with Crippen molar-refractivity contribution in [1.29, 1.82) is 0 Å². The van der Waals surface area contributed by atoms with Gasteiger partial charge in [0.2, 0.25) is 0 Å². The summed E-state index contributed by atoms with van der Waals surface area (Å²) in [5.41, 5.74) is -1.10. The Bertz CT molecular complexity index is 305. The van der Waals surface area contributed by atoms with Gasteiger partial charge in [0.1, 0.15) is 5.54 Å². The molecule has 0 radical (unpaired) electrons. The number of alkyl halides is 3. The fraction of sp³-hybridized carbons (Fsp3) is 0.909. The van der Waals surface area contributed by atoms with Gasteiger partial charge in [-0.15, -0.1) is 0 Å². The molecular weight excluding hydrogens is 249 g/mol. The third-order valence-electron chi connectivity index (χ3n) is 2.77. The lowest BCUT2D eigenvalue weighted by atomic mass is 10.0. The Morgan fingerprint density at radius 1 is 1.39 bits per heavy atom. The van der Waals surface area contributed by atoms with E-state index in [-0.39, 0.29) is 12.6 Å². The van der Waals surface area contributed by atoms with Crippen LogP contribution in [0, 0.1) is 0 Å². The zero-order valence-electron chi connectivity index (χ0n) is 10.8. The maximum atomic E-state index is 12.3. The van der Waals surface area contributed by atoms with E-state index in [1.165, 1.54) is 14.2 Å². The molecule has 1 aliphatic rings. The van der Waals surface area contributed by atoms with Crippen LogP contribution in [-0.2, 0) is 9.53 Å². The van der Waals surface area contributed by atoms with Gasteiger partial charge in [-0.05, 0) is 26.8 Å². The average molecular weight is 268 g/mol. The minimum atomic E-state index is -4.27. The normalized spacial score (nSPS) is 19.7. The molecule has 1 fully saturated rings. The van der Waals surface area contributed by atoms with Crippen LogP contribution in [0.1, 0.15) is 19.8 Å². The zero-order chi connectivity index (χ0) is 14.0. The van der Waals surface area contributed by atoms with Gasteiger partial charge in [-0.2, -0.15) is 13.2 Å². The number of methoxy groups -OCH3 is 1. The van der Waals surface area contributed by atoms with Gasteiger partial charge in [0.25, 0.3) is 0 Å². The molecule has 7 heteroatoms. The summed E-state index contributed by atoms with van der Waals surface area (Å²) in [6.45, 7) is 0.478. The van der Waals surface area contributed by atoms with E-state index >= 15 is 0 Å². The second-order valence-electron chi connectivity index (χ2n) is 5.03. The molecule has 1 saturated carbocycles. The molecule has 0 bridgehead atoms. The van der Waals surface area contributed by atoms with Gasteiger partial charge in [-0.25, -0.2) is 0 Å². The van der Waals surface area contributed by atoms with Crippen LogP contribution < -0.4 is 5.32 Å². The van der Waals surface area contributed by atoms with Crippen LogP contribution in [-0.4, -0.2) is 55.9 Å². The number of nitrogens with zero attached hydrogens (tertiary/aromatic N) is 1. The molecule has 0 aliphatic heterocycles. The second kappa shape index (κ2) is 5.44. The van der Waals surface area contributed by atoms with Crippen LogP contribution in [0.25, 0.3) is 0 Å². The van der Waals surface area contributed by atoms with Crippen molar-refractivity contribution in [2.75, 3.05) is 27.2 Å². The van der Waals surface area contributed by atoms with Gasteiger partial charge in [0.15, 0.2) is 0 Å². The van der Waals surface area contributed by atoms with Crippen LogP contribution in [0.2, 0.25) is 0 Å². The molecule has 0 heterocycles. The summed E-state index contributed by atoms with van der Waals surface area (Å²) in [4.78, 5) is 12.8. The van der Waals surface area contributed by atoms with Crippen LogP contribution in [0.15, 0.2) is 0 Å². The number of nitrogens with one attached hydrogen (secondary N) is 1. The lowest BCUT2D eigenvalue weighted by Crippen LogP contribution is -2.58. The summed E-state index contributed by atoms with van der Waals surface area (Å²) in [7, 11) is 2.57. The monoisotopic (exact) mass is 268 g/mol. The molecule has 106 valence electrons.